The van der Waals surface area contributed by atoms with Gasteiger partial charge in [-0.05, 0) is 19.0 Å². The average molecular weight is 208 g/mol. The summed E-state index contributed by atoms with van der Waals surface area (Å²) in [5.74, 6) is 4.16. The molecule has 1 rings (SSSR count). The fourth-order valence-electron chi connectivity index (χ4n) is 0.953. The van der Waals surface area contributed by atoms with Crippen LogP contribution in [0.3, 0.4) is 0 Å². The van der Waals surface area contributed by atoms with Crippen molar-refractivity contribution >= 4 is 5.97 Å². The van der Waals surface area contributed by atoms with Crippen molar-refractivity contribution in [3.8, 4) is 11.8 Å². The number of rotatable bonds is 1. The summed E-state index contributed by atoms with van der Waals surface area (Å²) >= 11 is 0. The SMILES string of the molecule is [2H]C([2H])([2H])c1cc(C#CCO)cc(C(=O)OC)n1. The van der Waals surface area contributed by atoms with E-state index in [-0.39, 0.29) is 23.6 Å². The molecule has 0 radical (unpaired) electrons. The normalized spacial score (nSPS) is 12.8. The van der Waals surface area contributed by atoms with Crippen LogP contribution in [0.15, 0.2) is 12.1 Å². The maximum absolute atomic E-state index is 11.4. The third kappa shape index (κ3) is 3.08. The van der Waals surface area contributed by atoms with Crippen LogP contribution < -0.4 is 0 Å². The topological polar surface area (TPSA) is 59.4 Å². The molecule has 0 saturated heterocycles. The van der Waals surface area contributed by atoms with Crippen molar-refractivity contribution in [2.24, 2.45) is 0 Å². The van der Waals surface area contributed by atoms with E-state index in [9.17, 15) is 4.79 Å². The van der Waals surface area contributed by atoms with Crippen LogP contribution in [0, 0.1) is 18.7 Å². The number of aryl methyl sites for hydroxylation is 1. The van der Waals surface area contributed by atoms with Gasteiger partial charge in [0, 0.05) is 15.4 Å². The minimum atomic E-state index is -2.44. The van der Waals surface area contributed by atoms with Gasteiger partial charge >= 0.3 is 5.97 Å². The number of ether oxygens (including phenoxy) is 1. The van der Waals surface area contributed by atoms with Gasteiger partial charge in [0.15, 0.2) is 0 Å². The van der Waals surface area contributed by atoms with E-state index in [1.807, 2.05) is 0 Å². The highest BCUT2D eigenvalue weighted by atomic mass is 16.5. The van der Waals surface area contributed by atoms with E-state index >= 15 is 0 Å². The zero-order valence-electron chi connectivity index (χ0n) is 11.1. The number of aromatic nitrogens is 1. The van der Waals surface area contributed by atoms with Gasteiger partial charge in [-0.1, -0.05) is 11.8 Å². The molecule has 1 heterocycles. The lowest BCUT2D eigenvalue weighted by molar-refractivity contribution is 0.0593. The molecule has 0 aliphatic carbocycles. The molecule has 78 valence electrons. The Morgan fingerprint density at radius 2 is 2.53 bits per heavy atom. The number of methoxy groups -OCH3 is 1. The number of carbonyl (C=O) groups is 1. The lowest BCUT2D eigenvalue weighted by Crippen LogP contribution is -2.05. The monoisotopic (exact) mass is 208 g/mol. The third-order valence-electron chi connectivity index (χ3n) is 1.53. The van der Waals surface area contributed by atoms with Gasteiger partial charge in [-0.3, -0.25) is 0 Å². The molecule has 0 fully saturated rings. The Morgan fingerprint density at radius 3 is 3.13 bits per heavy atom. The number of aliphatic hydroxyl groups excluding tert-OH is 1. The van der Waals surface area contributed by atoms with E-state index in [0.29, 0.717) is 0 Å². The maximum atomic E-state index is 11.4. The summed E-state index contributed by atoms with van der Waals surface area (Å²) in [7, 11) is 1.17. The molecule has 4 nitrogen and oxygen atoms in total. The number of aliphatic hydroxyl groups is 1. The lowest BCUT2D eigenvalue weighted by Gasteiger charge is -2.00. The number of nitrogens with zero attached hydrogens (tertiary/aromatic N) is 1. The molecule has 0 aliphatic rings. The zero-order chi connectivity index (χ0) is 13.8. The molecule has 15 heavy (non-hydrogen) atoms. The Bertz CT molecular complexity index is 514. The van der Waals surface area contributed by atoms with Crippen LogP contribution in [0.4, 0.5) is 0 Å². The molecule has 0 aromatic carbocycles. The van der Waals surface area contributed by atoms with Crippen LogP contribution >= 0.6 is 0 Å². The minimum Gasteiger partial charge on any atom is -0.464 e. The van der Waals surface area contributed by atoms with Gasteiger partial charge in [0.05, 0.1) is 7.11 Å². The Balaban J connectivity index is 3.33. The summed E-state index contributed by atoms with van der Waals surface area (Å²) in [6.45, 7) is -2.81. The van der Waals surface area contributed by atoms with Crippen molar-refractivity contribution < 1.29 is 18.8 Å². The van der Waals surface area contributed by atoms with Crippen molar-refractivity contribution in [2.75, 3.05) is 13.7 Å². The number of carbonyl (C=O) groups excluding carboxylic acids is 1. The minimum absolute atomic E-state index is 0.131. The van der Waals surface area contributed by atoms with E-state index in [0.717, 1.165) is 0 Å². The molecule has 0 aliphatic heterocycles. The molecule has 1 aromatic heterocycles. The van der Waals surface area contributed by atoms with Gasteiger partial charge < -0.3 is 9.84 Å². The van der Waals surface area contributed by atoms with Crippen molar-refractivity contribution in [3.63, 3.8) is 0 Å². The summed E-state index contributed by atoms with van der Waals surface area (Å²) in [4.78, 5) is 15.1. The van der Waals surface area contributed by atoms with E-state index in [2.05, 4.69) is 21.6 Å². The van der Waals surface area contributed by atoms with Crippen LogP contribution in [-0.2, 0) is 4.74 Å². The Morgan fingerprint density at radius 1 is 1.73 bits per heavy atom. The van der Waals surface area contributed by atoms with E-state index in [1.54, 1.807) is 0 Å². The van der Waals surface area contributed by atoms with Crippen LogP contribution in [0.5, 0.6) is 0 Å². The van der Waals surface area contributed by atoms with E-state index in [4.69, 9.17) is 9.22 Å². The summed E-state index contributed by atoms with van der Waals surface area (Å²) in [5, 5.41) is 8.59. The Kier molecular flexibility index (Phi) is 2.54. The largest absolute Gasteiger partial charge is 0.464 e. The lowest BCUT2D eigenvalue weighted by atomic mass is 10.2. The summed E-state index contributed by atoms with van der Waals surface area (Å²) in [5.41, 5.74) is -0.0911. The van der Waals surface area contributed by atoms with Crippen molar-refractivity contribution in [2.45, 2.75) is 6.85 Å². The summed E-state index contributed by atoms with van der Waals surface area (Å²) in [6.07, 6.45) is 0. The molecule has 0 spiro atoms. The fourth-order valence-corrected chi connectivity index (χ4v) is 0.953. The van der Waals surface area contributed by atoms with Crippen molar-refractivity contribution in [3.05, 3.63) is 29.1 Å². The highest BCUT2D eigenvalue weighted by Gasteiger charge is 2.08. The molecule has 0 amide bonds. The molecular weight excluding hydrogens is 194 g/mol. The first-order valence-electron chi connectivity index (χ1n) is 5.59. The van der Waals surface area contributed by atoms with Gasteiger partial charge in [0.1, 0.15) is 12.3 Å². The van der Waals surface area contributed by atoms with E-state index < -0.39 is 12.8 Å². The van der Waals surface area contributed by atoms with E-state index in [1.165, 1.54) is 19.2 Å². The first-order valence-corrected chi connectivity index (χ1v) is 4.09. The zero-order valence-corrected chi connectivity index (χ0v) is 8.07. The second kappa shape index (κ2) is 5.13. The molecule has 0 atom stereocenters. The van der Waals surface area contributed by atoms with Gasteiger partial charge in [-0.15, -0.1) is 0 Å². The highest BCUT2D eigenvalue weighted by Crippen LogP contribution is 2.05. The number of hydrogen-bond donors (Lipinski definition) is 1. The maximum Gasteiger partial charge on any atom is 0.356 e. The van der Waals surface area contributed by atoms with Crippen LogP contribution in [0.25, 0.3) is 0 Å². The predicted octanol–water partition coefficient (Wildman–Crippen LogP) is 0.520. The molecular formula is C11H11NO3. The van der Waals surface area contributed by atoms with Gasteiger partial charge in [0.25, 0.3) is 0 Å². The van der Waals surface area contributed by atoms with Gasteiger partial charge in [-0.2, -0.15) is 0 Å². The summed E-state index contributed by atoms with van der Waals surface area (Å²) in [6, 6.07) is 2.56. The molecule has 0 unspecified atom stereocenters. The molecule has 4 heteroatoms. The number of esters is 1. The third-order valence-corrected chi connectivity index (χ3v) is 1.53. The van der Waals surface area contributed by atoms with Gasteiger partial charge in [-0.25, -0.2) is 9.78 Å². The van der Waals surface area contributed by atoms with Crippen LogP contribution in [0.1, 0.15) is 25.9 Å². The predicted molar refractivity (Wildman–Crippen MR) is 54.3 cm³/mol. The molecule has 1 aromatic rings. The highest BCUT2D eigenvalue weighted by molar-refractivity contribution is 5.87. The second-order valence-corrected chi connectivity index (χ2v) is 2.58. The quantitative estimate of drug-likeness (QED) is 0.540. The molecule has 1 N–H and O–H groups in total. The Labute approximate surface area is 92.1 Å². The number of pyridine rings is 1. The van der Waals surface area contributed by atoms with Crippen molar-refractivity contribution in [1.29, 1.82) is 0 Å². The van der Waals surface area contributed by atoms with Crippen LogP contribution in [0.2, 0.25) is 0 Å². The first-order chi connectivity index (χ1) is 8.38. The summed E-state index contributed by atoms with van der Waals surface area (Å²) < 4.78 is 26.3. The first kappa shape index (κ1) is 7.43. The average Bonchev–Trinajstić information content (AvgIpc) is 2.33. The fraction of sp³-hybridized carbons (Fsp3) is 0.273. The van der Waals surface area contributed by atoms with Gasteiger partial charge in [0.2, 0.25) is 0 Å². The smallest absolute Gasteiger partial charge is 0.356 e. The standard InChI is InChI=1S/C11H11NO3/c1-8-6-9(4-3-5-13)7-10(12-8)11(14)15-2/h6-7,13H,5H2,1-2H3/i1D3. The van der Waals surface area contributed by atoms with Crippen molar-refractivity contribution in [1.82, 2.24) is 4.98 Å². The number of hydrogen-bond acceptors (Lipinski definition) is 4. The molecule has 0 saturated carbocycles. The molecule has 0 bridgehead atoms. The second-order valence-electron chi connectivity index (χ2n) is 2.58. The Hall–Kier alpha value is -1.86. The van der Waals surface area contributed by atoms with Crippen LogP contribution in [-0.4, -0.2) is 29.8 Å².